The molecule has 0 bridgehead atoms. The molecular formula is C15H17F2NO3. The van der Waals surface area contributed by atoms with Gasteiger partial charge in [0.1, 0.15) is 0 Å². The molecule has 2 atom stereocenters. The lowest BCUT2D eigenvalue weighted by Crippen LogP contribution is -2.46. The summed E-state index contributed by atoms with van der Waals surface area (Å²) < 4.78 is 26.0. The minimum Gasteiger partial charge on any atom is -0.481 e. The summed E-state index contributed by atoms with van der Waals surface area (Å²) in [6, 6.07) is 3.22. The van der Waals surface area contributed by atoms with Crippen molar-refractivity contribution in [3.8, 4) is 0 Å². The van der Waals surface area contributed by atoms with Gasteiger partial charge in [0.05, 0.1) is 12.3 Å². The summed E-state index contributed by atoms with van der Waals surface area (Å²) >= 11 is 0. The van der Waals surface area contributed by atoms with Gasteiger partial charge in [-0.25, -0.2) is 8.78 Å². The van der Waals surface area contributed by atoms with Crippen molar-refractivity contribution in [2.75, 3.05) is 6.54 Å². The molecule has 2 rings (SSSR count). The number of carboxylic acids is 1. The highest BCUT2D eigenvalue weighted by molar-refractivity contribution is 5.79. The van der Waals surface area contributed by atoms with Gasteiger partial charge in [-0.15, -0.1) is 0 Å². The van der Waals surface area contributed by atoms with Gasteiger partial charge in [0.25, 0.3) is 0 Å². The Bertz CT molecular complexity index is 562. The van der Waals surface area contributed by atoms with E-state index in [2.05, 4.69) is 0 Å². The molecule has 1 amide bonds. The predicted molar refractivity (Wildman–Crippen MR) is 71.6 cm³/mol. The molecule has 0 saturated carbocycles. The average Bonchev–Trinajstić information content (AvgIpc) is 2.42. The fourth-order valence-electron chi connectivity index (χ4n) is 2.69. The van der Waals surface area contributed by atoms with Gasteiger partial charge in [0, 0.05) is 12.6 Å². The van der Waals surface area contributed by atoms with E-state index in [4.69, 9.17) is 5.11 Å². The van der Waals surface area contributed by atoms with E-state index in [1.165, 1.54) is 6.07 Å². The molecule has 1 aromatic carbocycles. The number of carbonyl (C=O) groups excluding carboxylic acids is 1. The topological polar surface area (TPSA) is 57.6 Å². The highest BCUT2D eigenvalue weighted by Crippen LogP contribution is 2.24. The summed E-state index contributed by atoms with van der Waals surface area (Å²) in [7, 11) is 0. The maximum Gasteiger partial charge on any atom is 0.306 e. The van der Waals surface area contributed by atoms with Crippen molar-refractivity contribution < 1.29 is 23.5 Å². The van der Waals surface area contributed by atoms with Crippen LogP contribution in [0.3, 0.4) is 0 Å². The number of hydrogen-bond donors (Lipinski definition) is 1. The van der Waals surface area contributed by atoms with E-state index in [1.807, 2.05) is 0 Å². The number of piperidine rings is 1. The van der Waals surface area contributed by atoms with Crippen LogP contribution in [0.4, 0.5) is 8.78 Å². The monoisotopic (exact) mass is 297 g/mol. The van der Waals surface area contributed by atoms with Crippen LogP contribution in [0.2, 0.25) is 0 Å². The molecule has 1 saturated heterocycles. The Labute approximate surface area is 121 Å². The van der Waals surface area contributed by atoms with Crippen LogP contribution >= 0.6 is 0 Å². The first kappa shape index (κ1) is 15.4. The van der Waals surface area contributed by atoms with Crippen LogP contribution in [-0.2, 0) is 16.0 Å². The maximum absolute atomic E-state index is 13.1. The molecule has 0 radical (unpaired) electrons. The Morgan fingerprint density at radius 3 is 2.62 bits per heavy atom. The van der Waals surface area contributed by atoms with Gasteiger partial charge in [0.2, 0.25) is 5.91 Å². The largest absolute Gasteiger partial charge is 0.481 e. The molecular weight excluding hydrogens is 280 g/mol. The normalized spacial score (nSPS) is 22.1. The molecule has 0 spiro atoms. The van der Waals surface area contributed by atoms with Gasteiger partial charge in [-0.1, -0.05) is 6.07 Å². The second-order valence-electron chi connectivity index (χ2n) is 5.42. The van der Waals surface area contributed by atoms with Gasteiger partial charge in [-0.05, 0) is 37.5 Å². The van der Waals surface area contributed by atoms with Crippen molar-refractivity contribution in [3.05, 3.63) is 35.4 Å². The van der Waals surface area contributed by atoms with Crippen LogP contribution in [0, 0.1) is 17.6 Å². The summed E-state index contributed by atoms with van der Waals surface area (Å²) in [5.41, 5.74) is 0.409. The molecule has 6 heteroatoms. The molecule has 0 aromatic heterocycles. The molecule has 1 fully saturated rings. The van der Waals surface area contributed by atoms with Crippen molar-refractivity contribution in [2.24, 2.45) is 5.92 Å². The summed E-state index contributed by atoms with van der Waals surface area (Å²) in [6.07, 6.45) is 0.821. The molecule has 21 heavy (non-hydrogen) atoms. The molecule has 1 aromatic rings. The van der Waals surface area contributed by atoms with Gasteiger partial charge in [-0.2, -0.15) is 0 Å². The average molecular weight is 297 g/mol. The first-order valence-corrected chi connectivity index (χ1v) is 6.84. The number of rotatable bonds is 3. The second kappa shape index (κ2) is 6.20. The molecule has 2 unspecified atom stereocenters. The van der Waals surface area contributed by atoms with E-state index in [9.17, 15) is 18.4 Å². The number of nitrogens with zero attached hydrogens (tertiary/aromatic N) is 1. The van der Waals surface area contributed by atoms with E-state index < -0.39 is 23.5 Å². The van der Waals surface area contributed by atoms with Crippen LogP contribution in [0.15, 0.2) is 18.2 Å². The summed E-state index contributed by atoms with van der Waals surface area (Å²) in [4.78, 5) is 24.8. The van der Waals surface area contributed by atoms with Crippen molar-refractivity contribution in [1.29, 1.82) is 0 Å². The third-order valence-electron chi connectivity index (χ3n) is 3.89. The van der Waals surface area contributed by atoms with Crippen LogP contribution in [0.1, 0.15) is 25.3 Å². The molecule has 1 aliphatic heterocycles. The lowest BCUT2D eigenvalue weighted by atomic mass is 9.91. The second-order valence-corrected chi connectivity index (χ2v) is 5.42. The van der Waals surface area contributed by atoms with E-state index in [0.717, 1.165) is 12.1 Å². The number of carbonyl (C=O) groups is 2. The molecule has 4 nitrogen and oxygen atoms in total. The fourth-order valence-corrected chi connectivity index (χ4v) is 2.69. The van der Waals surface area contributed by atoms with Crippen molar-refractivity contribution >= 4 is 11.9 Å². The maximum atomic E-state index is 13.1. The van der Waals surface area contributed by atoms with E-state index in [0.29, 0.717) is 24.9 Å². The quantitative estimate of drug-likeness (QED) is 0.930. The Morgan fingerprint density at radius 1 is 1.33 bits per heavy atom. The zero-order chi connectivity index (χ0) is 15.6. The van der Waals surface area contributed by atoms with Gasteiger partial charge in [-0.3, -0.25) is 9.59 Å². The van der Waals surface area contributed by atoms with Crippen molar-refractivity contribution in [1.82, 2.24) is 4.90 Å². The van der Waals surface area contributed by atoms with Crippen LogP contribution in [0.5, 0.6) is 0 Å². The van der Waals surface area contributed by atoms with Gasteiger partial charge < -0.3 is 10.0 Å². The van der Waals surface area contributed by atoms with E-state index in [1.54, 1.807) is 11.8 Å². The first-order chi connectivity index (χ1) is 9.88. The summed E-state index contributed by atoms with van der Waals surface area (Å²) in [5, 5.41) is 8.99. The van der Waals surface area contributed by atoms with E-state index in [-0.39, 0.29) is 18.4 Å². The van der Waals surface area contributed by atoms with Crippen LogP contribution in [0.25, 0.3) is 0 Å². The number of benzene rings is 1. The fraction of sp³-hybridized carbons (Fsp3) is 0.467. The molecule has 1 aliphatic rings. The first-order valence-electron chi connectivity index (χ1n) is 6.84. The smallest absolute Gasteiger partial charge is 0.306 e. The molecule has 0 aliphatic carbocycles. The van der Waals surface area contributed by atoms with E-state index >= 15 is 0 Å². The highest BCUT2D eigenvalue weighted by Gasteiger charge is 2.32. The third-order valence-corrected chi connectivity index (χ3v) is 3.89. The van der Waals surface area contributed by atoms with Crippen molar-refractivity contribution in [2.45, 2.75) is 32.2 Å². The number of halogens is 2. The number of carboxylic acid groups (broad SMARTS) is 1. The number of hydrogen-bond acceptors (Lipinski definition) is 2. The molecule has 1 N–H and O–H groups in total. The Balaban J connectivity index is 2.00. The lowest BCUT2D eigenvalue weighted by Gasteiger charge is -2.36. The Hall–Kier alpha value is -1.98. The highest BCUT2D eigenvalue weighted by atomic mass is 19.2. The van der Waals surface area contributed by atoms with Gasteiger partial charge in [0.15, 0.2) is 11.6 Å². The minimum absolute atomic E-state index is 0.0146. The molecule has 114 valence electrons. The lowest BCUT2D eigenvalue weighted by molar-refractivity contribution is -0.147. The Kier molecular flexibility index (Phi) is 4.55. The number of aliphatic carboxylic acids is 1. The Morgan fingerprint density at radius 2 is 2.05 bits per heavy atom. The zero-order valence-corrected chi connectivity index (χ0v) is 11.7. The zero-order valence-electron chi connectivity index (χ0n) is 11.7. The predicted octanol–water partition coefficient (Wildman–Crippen LogP) is 2.22. The SMILES string of the molecule is CC1CC(C(=O)O)CCN1C(=O)Cc1ccc(F)c(F)c1. The number of likely N-dealkylation sites (tertiary alicyclic amines) is 1. The molecule has 1 heterocycles. The van der Waals surface area contributed by atoms with Crippen molar-refractivity contribution in [3.63, 3.8) is 0 Å². The number of amides is 1. The van der Waals surface area contributed by atoms with Crippen LogP contribution < -0.4 is 0 Å². The minimum atomic E-state index is -0.974. The summed E-state index contributed by atoms with van der Waals surface area (Å²) in [5.74, 6) is -3.38. The summed E-state index contributed by atoms with van der Waals surface area (Å²) in [6.45, 7) is 2.18. The van der Waals surface area contributed by atoms with Gasteiger partial charge >= 0.3 is 5.97 Å². The third kappa shape index (κ3) is 3.56. The van der Waals surface area contributed by atoms with Crippen LogP contribution in [-0.4, -0.2) is 34.5 Å². The standard InChI is InChI=1S/C15H17F2NO3/c1-9-6-11(15(20)21)4-5-18(9)14(19)8-10-2-3-12(16)13(17)7-10/h2-3,7,9,11H,4-6,8H2,1H3,(H,20,21).